The SMILES string of the molecule is CCCN(CC(=O)N1CCc2sccc2[C@H]1c1ccc(C)cc1)C(=O)c1ccco1. The third-order valence-corrected chi connectivity index (χ3v) is 6.51. The monoisotopic (exact) mass is 422 g/mol. The number of amides is 2. The van der Waals surface area contributed by atoms with Gasteiger partial charge < -0.3 is 14.2 Å². The molecule has 156 valence electrons. The molecule has 0 bridgehead atoms. The van der Waals surface area contributed by atoms with Crippen molar-refractivity contribution in [3.63, 3.8) is 0 Å². The zero-order valence-corrected chi connectivity index (χ0v) is 18.2. The topological polar surface area (TPSA) is 53.8 Å². The van der Waals surface area contributed by atoms with Crippen LogP contribution in [-0.4, -0.2) is 41.2 Å². The number of nitrogens with zero attached hydrogens (tertiary/aromatic N) is 2. The van der Waals surface area contributed by atoms with Crippen LogP contribution < -0.4 is 0 Å². The van der Waals surface area contributed by atoms with E-state index >= 15 is 0 Å². The van der Waals surface area contributed by atoms with Crippen molar-refractivity contribution in [1.82, 2.24) is 9.80 Å². The average Bonchev–Trinajstić information content (AvgIpc) is 3.44. The maximum atomic E-state index is 13.4. The first-order chi connectivity index (χ1) is 14.6. The summed E-state index contributed by atoms with van der Waals surface area (Å²) < 4.78 is 5.27. The Morgan fingerprint density at radius 1 is 1.20 bits per heavy atom. The van der Waals surface area contributed by atoms with Crippen molar-refractivity contribution < 1.29 is 14.0 Å². The van der Waals surface area contributed by atoms with Gasteiger partial charge in [-0.25, -0.2) is 0 Å². The molecule has 4 rings (SSSR count). The maximum absolute atomic E-state index is 13.4. The van der Waals surface area contributed by atoms with Crippen molar-refractivity contribution in [3.8, 4) is 0 Å². The number of aryl methyl sites for hydroxylation is 1. The highest BCUT2D eigenvalue weighted by Crippen LogP contribution is 2.38. The lowest BCUT2D eigenvalue weighted by Crippen LogP contribution is -2.47. The quantitative estimate of drug-likeness (QED) is 0.580. The highest BCUT2D eigenvalue weighted by atomic mass is 32.1. The molecule has 3 heterocycles. The van der Waals surface area contributed by atoms with Crippen LogP contribution in [0.15, 0.2) is 58.5 Å². The molecular weight excluding hydrogens is 396 g/mol. The normalized spacial score (nSPS) is 15.7. The van der Waals surface area contributed by atoms with Crippen molar-refractivity contribution in [2.24, 2.45) is 0 Å². The molecule has 0 saturated carbocycles. The van der Waals surface area contributed by atoms with Gasteiger partial charge in [0.15, 0.2) is 5.76 Å². The van der Waals surface area contributed by atoms with E-state index in [0.29, 0.717) is 13.1 Å². The zero-order chi connectivity index (χ0) is 21.1. The van der Waals surface area contributed by atoms with Gasteiger partial charge in [0.2, 0.25) is 5.91 Å². The molecule has 1 aliphatic heterocycles. The molecule has 3 aromatic rings. The van der Waals surface area contributed by atoms with E-state index in [2.05, 4.69) is 42.6 Å². The molecule has 0 spiro atoms. The van der Waals surface area contributed by atoms with Crippen LogP contribution in [-0.2, 0) is 11.2 Å². The van der Waals surface area contributed by atoms with E-state index < -0.39 is 0 Å². The van der Waals surface area contributed by atoms with Gasteiger partial charge in [-0.3, -0.25) is 9.59 Å². The third kappa shape index (κ3) is 4.05. The molecule has 1 atom stereocenters. The molecule has 6 heteroatoms. The Hall–Kier alpha value is -2.86. The van der Waals surface area contributed by atoms with Crippen LogP contribution in [0, 0.1) is 6.92 Å². The molecule has 1 aromatic carbocycles. The molecular formula is C24H26N2O3S. The highest BCUT2D eigenvalue weighted by molar-refractivity contribution is 7.10. The van der Waals surface area contributed by atoms with Gasteiger partial charge in [0, 0.05) is 18.0 Å². The molecule has 1 aliphatic rings. The molecule has 0 N–H and O–H groups in total. The van der Waals surface area contributed by atoms with E-state index in [1.165, 1.54) is 22.3 Å². The van der Waals surface area contributed by atoms with Gasteiger partial charge in [-0.1, -0.05) is 36.8 Å². The lowest BCUT2D eigenvalue weighted by Gasteiger charge is -2.37. The summed E-state index contributed by atoms with van der Waals surface area (Å²) >= 11 is 1.75. The second kappa shape index (κ2) is 8.88. The van der Waals surface area contributed by atoms with Crippen LogP contribution in [0.4, 0.5) is 0 Å². The van der Waals surface area contributed by atoms with Crippen LogP contribution >= 0.6 is 11.3 Å². The van der Waals surface area contributed by atoms with Gasteiger partial charge in [-0.2, -0.15) is 0 Å². The molecule has 30 heavy (non-hydrogen) atoms. The minimum Gasteiger partial charge on any atom is -0.459 e. The second-order valence-electron chi connectivity index (χ2n) is 7.65. The number of benzene rings is 1. The van der Waals surface area contributed by atoms with Gasteiger partial charge in [-0.05, 0) is 54.5 Å². The number of hydrogen-bond donors (Lipinski definition) is 0. The van der Waals surface area contributed by atoms with Gasteiger partial charge in [0.1, 0.15) is 6.54 Å². The van der Waals surface area contributed by atoms with Crippen molar-refractivity contribution in [3.05, 3.63) is 81.4 Å². The smallest absolute Gasteiger partial charge is 0.290 e. The summed E-state index contributed by atoms with van der Waals surface area (Å²) in [5.41, 5.74) is 3.49. The number of rotatable bonds is 6. The Labute approximate surface area is 180 Å². The molecule has 0 aliphatic carbocycles. The number of furan rings is 1. The van der Waals surface area contributed by atoms with Crippen molar-refractivity contribution in [1.29, 1.82) is 0 Å². The van der Waals surface area contributed by atoms with Crippen LogP contribution in [0.1, 0.15) is 51.5 Å². The summed E-state index contributed by atoms with van der Waals surface area (Å²) in [7, 11) is 0. The molecule has 5 nitrogen and oxygen atoms in total. The van der Waals surface area contributed by atoms with E-state index in [4.69, 9.17) is 4.42 Å². The van der Waals surface area contributed by atoms with Crippen molar-refractivity contribution in [2.45, 2.75) is 32.7 Å². The van der Waals surface area contributed by atoms with Gasteiger partial charge in [-0.15, -0.1) is 11.3 Å². The highest BCUT2D eigenvalue weighted by Gasteiger charge is 2.34. The maximum Gasteiger partial charge on any atom is 0.290 e. The van der Waals surface area contributed by atoms with Crippen LogP contribution in [0.5, 0.6) is 0 Å². The van der Waals surface area contributed by atoms with Crippen molar-refractivity contribution >= 4 is 23.2 Å². The zero-order valence-electron chi connectivity index (χ0n) is 17.3. The van der Waals surface area contributed by atoms with Gasteiger partial charge >= 0.3 is 0 Å². The molecule has 0 unspecified atom stereocenters. The number of carbonyl (C=O) groups excluding carboxylic acids is 2. The molecule has 2 aromatic heterocycles. The fourth-order valence-corrected chi connectivity index (χ4v) is 4.93. The predicted octanol–water partition coefficient (Wildman–Crippen LogP) is 4.68. The summed E-state index contributed by atoms with van der Waals surface area (Å²) in [6, 6.07) is 13.7. The largest absolute Gasteiger partial charge is 0.459 e. The molecule has 0 radical (unpaired) electrons. The number of carbonyl (C=O) groups is 2. The van der Waals surface area contributed by atoms with Crippen molar-refractivity contribution in [2.75, 3.05) is 19.6 Å². The Kier molecular flexibility index (Phi) is 6.04. The fraction of sp³-hybridized carbons (Fsp3) is 0.333. The first kappa shape index (κ1) is 20.4. The average molecular weight is 423 g/mol. The number of fused-ring (bicyclic) bond motifs is 1. The summed E-state index contributed by atoms with van der Waals surface area (Å²) in [4.78, 5) is 31.1. The number of hydrogen-bond acceptors (Lipinski definition) is 4. The number of thiophene rings is 1. The fourth-order valence-electron chi connectivity index (χ4n) is 4.03. The minimum absolute atomic E-state index is 0.0363. The lowest BCUT2D eigenvalue weighted by atomic mass is 9.92. The van der Waals surface area contributed by atoms with Crippen LogP contribution in [0.25, 0.3) is 0 Å². The second-order valence-corrected chi connectivity index (χ2v) is 8.65. The van der Waals surface area contributed by atoms with E-state index in [0.717, 1.165) is 18.4 Å². The summed E-state index contributed by atoms with van der Waals surface area (Å²) in [6.45, 7) is 5.28. The summed E-state index contributed by atoms with van der Waals surface area (Å²) in [5, 5.41) is 2.10. The first-order valence-electron chi connectivity index (χ1n) is 10.3. The third-order valence-electron chi connectivity index (χ3n) is 5.52. The molecule has 2 amide bonds. The summed E-state index contributed by atoms with van der Waals surface area (Å²) in [5.74, 6) is -0.00815. The standard InChI is InChI=1S/C24H26N2O3S/c1-3-12-25(24(28)20-5-4-14-29-20)16-22(27)26-13-10-21-19(11-15-30-21)23(26)18-8-6-17(2)7-9-18/h4-9,11,14-15,23H,3,10,12-13,16H2,1-2H3/t23-/m1/s1. The molecule has 0 fully saturated rings. The summed E-state index contributed by atoms with van der Waals surface area (Å²) in [6.07, 6.45) is 3.10. The lowest BCUT2D eigenvalue weighted by molar-refractivity contribution is -0.134. The minimum atomic E-state index is -0.240. The first-order valence-corrected chi connectivity index (χ1v) is 11.2. The molecule has 0 saturated heterocycles. The van der Waals surface area contributed by atoms with Crippen LogP contribution in [0.3, 0.4) is 0 Å². The van der Waals surface area contributed by atoms with Gasteiger partial charge in [0.05, 0.1) is 12.3 Å². The van der Waals surface area contributed by atoms with E-state index in [1.807, 2.05) is 11.8 Å². The van der Waals surface area contributed by atoms with E-state index in [-0.39, 0.29) is 30.2 Å². The Bertz CT molecular complexity index is 1010. The van der Waals surface area contributed by atoms with Gasteiger partial charge in [0.25, 0.3) is 5.91 Å². The Balaban J connectivity index is 1.61. The Morgan fingerprint density at radius 3 is 2.70 bits per heavy atom. The van der Waals surface area contributed by atoms with E-state index in [1.54, 1.807) is 28.4 Å². The predicted molar refractivity (Wildman–Crippen MR) is 118 cm³/mol. The Morgan fingerprint density at radius 2 is 2.00 bits per heavy atom. The van der Waals surface area contributed by atoms with E-state index in [9.17, 15) is 9.59 Å². The van der Waals surface area contributed by atoms with Crippen LogP contribution in [0.2, 0.25) is 0 Å².